The van der Waals surface area contributed by atoms with Crippen molar-refractivity contribution in [3.63, 3.8) is 0 Å². The molecule has 7 aromatic rings. The number of nitrogens with zero attached hydrogens (tertiary/aromatic N) is 5. The molecule has 6 nitrogen and oxygen atoms in total. The predicted octanol–water partition coefficient (Wildman–Crippen LogP) is 6.78. The third-order valence-electron chi connectivity index (χ3n) is 7.24. The van der Waals surface area contributed by atoms with Gasteiger partial charge in [-0.2, -0.15) is 0 Å². The zero-order chi connectivity index (χ0) is 25.1. The van der Waals surface area contributed by atoms with Gasteiger partial charge in [0.05, 0.1) is 22.8 Å². The zero-order valence-corrected chi connectivity index (χ0v) is 20.4. The Kier molecular flexibility index (Phi) is 4.48. The quantitative estimate of drug-likeness (QED) is 0.297. The maximum atomic E-state index is 5.30. The van der Waals surface area contributed by atoms with Crippen LogP contribution in [0.25, 0.3) is 55.6 Å². The van der Waals surface area contributed by atoms with Gasteiger partial charge in [-0.25, -0.2) is 9.97 Å². The van der Waals surface area contributed by atoms with Crippen LogP contribution in [0.3, 0.4) is 0 Å². The lowest BCUT2D eigenvalue weighted by Crippen LogP contribution is -2.18. The highest BCUT2D eigenvalue weighted by atomic mass is 15.1. The summed E-state index contributed by atoms with van der Waals surface area (Å²) in [7, 11) is 0. The monoisotopic (exact) mass is 490 g/mol. The van der Waals surface area contributed by atoms with Gasteiger partial charge in [-0.3, -0.25) is 14.1 Å². The highest BCUT2D eigenvalue weighted by Gasteiger charge is 2.22. The lowest BCUT2D eigenvalue weighted by Gasteiger charge is -2.20. The fourth-order valence-corrected chi connectivity index (χ4v) is 5.51. The van der Waals surface area contributed by atoms with E-state index >= 15 is 0 Å². The molecule has 38 heavy (non-hydrogen) atoms. The molecule has 0 amide bonds. The first kappa shape index (κ1) is 20.9. The van der Waals surface area contributed by atoms with E-state index in [1.807, 2.05) is 24.4 Å². The Morgan fingerprint density at radius 3 is 2.18 bits per heavy atom. The Morgan fingerprint density at radius 2 is 1.37 bits per heavy atom. The van der Waals surface area contributed by atoms with E-state index in [4.69, 9.17) is 15.0 Å². The largest absolute Gasteiger partial charge is 0.379 e. The highest BCUT2D eigenvalue weighted by Crippen LogP contribution is 2.35. The Labute approximate surface area is 218 Å². The number of fused-ring (bicyclic) bond motifs is 6. The summed E-state index contributed by atoms with van der Waals surface area (Å²) in [4.78, 5) is 15.3. The predicted molar refractivity (Wildman–Crippen MR) is 153 cm³/mol. The second-order valence-corrected chi connectivity index (χ2v) is 9.45. The molecule has 1 N–H and O–H groups in total. The first-order chi connectivity index (χ1) is 18.9. The lowest BCUT2D eigenvalue weighted by atomic mass is 10.0. The van der Waals surface area contributed by atoms with Crippen LogP contribution in [0.2, 0.25) is 0 Å². The van der Waals surface area contributed by atoms with Gasteiger partial charge in [0.15, 0.2) is 11.3 Å². The molecule has 1 aliphatic heterocycles. The van der Waals surface area contributed by atoms with E-state index in [1.54, 1.807) is 0 Å². The van der Waals surface area contributed by atoms with Gasteiger partial charge in [0, 0.05) is 23.5 Å². The molecule has 0 radical (unpaired) electrons. The van der Waals surface area contributed by atoms with E-state index in [0.29, 0.717) is 0 Å². The molecular formula is C32H22N6. The van der Waals surface area contributed by atoms with Gasteiger partial charge in [0.1, 0.15) is 16.6 Å². The molecule has 0 saturated heterocycles. The number of dihydropyridines is 1. The number of benzene rings is 3. The van der Waals surface area contributed by atoms with E-state index in [9.17, 15) is 0 Å². The number of hydrogen-bond acceptors (Lipinski definition) is 4. The van der Waals surface area contributed by atoms with E-state index in [1.165, 1.54) is 5.56 Å². The van der Waals surface area contributed by atoms with Crippen molar-refractivity contribution in [1.82, 2.24) is 29.4 Å². The van der Waals surface area contributed by atoms with Gasteiger partial charge in [0.2, 0.25) is 0 Å². The van der Waals surface area contributed by atoms with Crippen molar-refractivity contribution in [2.75, 3.05) is 0 Å². The number of allylic oxidation sites excluding steroid dienone is 2. The van der Waals surface area contributed by atoms with E-state index in [0.717, 1.165) is 55.6 Å². The molecular weight excluding hydrogens is 468 g/mol. The highest BCUT2D eigenvalue weighted by molar-refractivity contribution is 6.12. The smallest absolute Gasteiger partial charge is 0.168 e. The lowest BCUT2D eigenvalue weighted by molar-refractivity contribution is 0.744. The fraction of sp³-hybridized carbons (Fsp3) is 0.0312. The first-order valence-electron chi connectivity index (χ1n) is 12.7. The van der Waals surface area contributed by atoms with Crippen molar-refractivity contribution in [1.29, 1.82) is 0 Å². The standard InChI is InChI=1S/C32H22N6/c1-3-10-21(11-4-1)25-18-17-23(20-34-25)38-27-16-9-19-33-29(27)30-32(38)36-31-28(35-30)24-14-7-8-15-26(24)37(31)22-12-5-2-6-13-22/h1-20,25,34H. The van der Waals surface area contributed by atoms with Crippen LogP contribution in [-0.2, 0) is 0 Å². The van der Waals surface area contributed by atoms with Crippen LogP contribution in [0.1, 0.15) is 11.6 Å². The minimum atomic E-state index is 0.115. The number of hydrogen-bond donors (Lipinski definition) is 1. The van der Waals surface area contributed by atoms with Crippen LogP contribution in [0.4, 0.5) is 0 Å². The summed E-state index contributed by atoms with van der Waals surface area (Å²) in [5.41, 5.74) is 9.42. The molecule has 5 heterocycles. The number of rotatable bonds is 3. The van der Waals surface area contributed by atoms with Gasteiger partial charge in [-0.15, -0.1) is 0 Å². The molecule has 0 saturated carbocycles. The number of para-hydroxylation sites is 2. The second kappa shape index (κ2) is 8.15. The molecule has 0 bridgehead atoms. The van der Waals surface area contributed by atoms with Crippen molar-refractivity contribution in [2.45, 2.75) is 6.04 Å². The van der Waals surface area contributed by atoms with Crippen LogP contribution >= 0.6 is 0 Å². The SMILES string of the molecule is C1=CC(c2ccccc2)NC=C1n1c2cccnc2c2nc3c4ccccc4n(-c4ccccc4)c3nc21. The molecule has 0 aliphatic carbocycles. The molecule has 1 aliphatic rings. The molecule has 6 heteroatoms. The molecule has 1 unspecified atom stereocenters. The molecule has 180 valence electrons. The fourth-order valence-electron chi connectivity index (χ4n) is 5.51. The summed E-state index contributed by atoms with van der Waals surface area (Å²) in [6.07, 6.45) is 8.21. The maximum Gasteiger partial charge on any atom is 0.168 e. The second-order valence-electron chi connectivity index (χ2n) is 9.45. The summed E-state index contributed by atoms with van der Waals surface area (Å²) in [5.74, 6) is 0. The van der Waals surface area contributed by atoms with Gasteiger partial charge in [-0.1, -0.05) is 72.8 Å². The van der Waals surface area contributed by atoms with E-state index in [-0.39, 0.29) is 6.04 Å². The Bertz CT molecular complexity index is 2050. The van der Waals surface area contributed by atoms with Crippen molar-refractivity contribution in [3.8, 4) is 5.69 Å². The topological polar surface area (TPSA) is 60.6 Å². The van der Waals surface area contributed by atoms with Crippen molar-refractivity contribution >= 4 is 50.0 Å². The van der Waals surface area contributed by atoms with Gasteiger partial charge in [0.25, 0.3) is 0 Å². The Balaban J connectivity index is 1.40. The van der Waals surface area contributed by atoms with E-state index < -0.39 is 0 Å². The summed E-state index contributed by atoms with van der Waals surface area (Å²) in [6.45, 7) is 0. The van der Waals surface area contributed by atoms with Crippen LogP contribution in [0.5, 0.6) is 0 Å². The average molecular weight is 491 g/mol. The Hall–Kier alpha value is -5.23. The summed E-state index contributed by atoms with van der Waals surface area (Å²) < 4.78 is 4.35. The molecule has 0 fully saturated rings. The van der Waals surface area contributed by atoms with Crippen molar-refractivity contribution < 1.29 is 0 Å². The molecule has 4 aromatic heterocycles. The first-order valence-corrected chi connectivity index (χ1v) is 12.7. The van der Waals surface area contributed by atoms with Crippen molar-refractivity contribution in [3.05, 3.63) is 127 Å². The van der Waals surface area contributed by atoms with Crippen LogP contribution < -0.4 is 5.32 Å². The normalized spacial score (nSPS) is 15.4. The molecule has 1 atom stereocenters. The molecule has 0 spiro atoms. The van der Waals surface area contributed by atoms with Gasteiger partial charge < -0.3 is 5.32 Å². The minimum Gasteiger partial charge on any atom is -0.379 e. The number of aromatic nitrogens is 5. The van der Waals surface area contributed by atoms with Gasteiger partial charge in [-0.05, 0) is 42.0 Å². The number of nitrogens with one attached hydrogen (secondary N) is 1. The third-order valence-corrected chi connectivity index (χ3v) is 7.24. The summed E-state index contributed by atoms with van der Waals surface area (Å²) >= 11 is 0. The van der Waals surface area contributed by atoms with Crippen LogP contribution in [0, 0.1) is 0 Å². The molecule has 3 aromatic carbocycles. The van der Waals surface area contributed by atoms with Crippen LogP contribution in [0.15, 0.2) is 122 Å². The summed E-state index contributed by atoms with van der Waals surface area (Å²) in [5, 5.41) is 4.63. The van der Waals surface area contributed by atoms with E-state index in [2.05, 4.69) is 112 Å². The minimum absolute atomic E-state index is 0.115. The zero-order valence-electron chi connectivity index (χ0n) is 20.4. The van der Waals surface area contributed by atoms with Gasteiger partial charge >= 0.3 is 0 Å². The molecule has 8 rings (SSSR count). The number of pyridine rings is 1. The maximum absolute atomic E-state index is 5.30. The van der Waals surface area contributed by atoms with Crippen molar-refractivity contribution in [2.24, 2.45) is 0 Å². The Morgan fingerprint density at radius 1 is 0.632 bits per heavy atom. The third kappa shape index (κ3) is 3.04. The summed E-state index contributed by atoms with van der Waals surface area (Å²) in [6, 6.07) is 33.3. The average Bonchev–Trinajstić information content (AvgIpc) is 3.49. The van der Waals surface area contributed by atoms with Crippen LogP contribution in [-0.4, -0.2) is 24.1 Å².